The van der Waals surface area contributed by atoms with Crippen molar-refractivity contribution in [2.24, 2.45) is 5.41 Å². The fourth-order valence-electron chi connectivity index (χ4n) is 4.90. The zero-order chi connectivity index (χ0) is 21.9. The molecule has 7 nitrogen and oxygen atoms in total. The van der Waals surface area contributed by atoms with Crippen LogP contribution < -0.4 is 0 Å². The van der Waals surface area contributed by atoms with Crippen LogP contribution in [-0.4, -0.2) is 55.5 Å². The summed E-state index contributed by atoms with van der Waals surface area (Å²) in [6.07, 6.45) is 7.84. The molecule has 0 N–H and O–H groups in total. The summed E-state index contributed by atoms with van der Waals surface area (Å²) < 4.78 is 1.75. The maximum absolute atomic E-state index is 13.3. The standard InChI is InChI=1S/C23H25BN6O/c1-13(2)22-17-5-18(15-9-25-14(3)26-10-15)27-11-19(17)29(28-22)12-21(31)30-16(8-24)6-23(4)7-20(23)30/h5,9-11,16,20H,1,6-8,12H2,2-4H3/t16-,20+,23-/m0/s1. The summed E-state index contributed by atoms with van der Waals surface area (Å²) in [6, 6.07) is 2.39. The van der Waals surface area contributed by atoms with Crippen LogP contribution in [-0.2, 0) is 11.3 Å². The topological polar surface area (TPSA) is 76.8 Å². The molecule has 0 aromatic carbocycles. The highest BCUT2D eigenvalue weighted by Crippen LogP contribution is 2.59. The normalized spacial score (nSPS) is 24.4. The van der Waals surface area contributed by atoms with Crippen molar-refractivity contribution in [1.29, 1.82) is 0 Å². The van der Waals surface area contributed by atoms with Gasteiger partial charge in [0.25, 0.3) is 0 Å². The van der Waals surface area contributed by atoms with E-state index in [9.17, 15) is 4.79 Å². The van der Waals surface area contributed by atoms with Gasteiger partial charge in [-0.2, -0.15) is 5.10 Å². The van der Waals surface area contributed by atoms with E-state index in [2.05, 4.69) is 28.5 Å². The van der Waals surface area contributed by atoms with Gasteiger partial charge in [0.2, 0.25) is 5.91 Å². The van der Waals surface area contributed by atoms with Gasteiger partial charge in [0, 0.05) is 35.4 Å². The fraction of sp³-hybridized carbons (Fsp3) is 0.435. The molecule has 3 aromatic heterocycles. The van der Waals surface area contributed by atoms with Gasteiger partial charge >= 0.3 is 0 Å². The zero-order valence-corrected chi connectivity index (χ0v) is 18.2. The Balaban J connectivity index is 1.50. The third-order valence-electron chi connectivity index (χ3n) is 6.70. The van der Waals surface area contributed by atoms with E-state index in [0.717, 1.165) is 46.3 Å². The molecule has 5 rings (SSSR count). The summed E-state index contributed by atoms with van der Waals surface area (Å²) in [5.41, 5.74) is 4.25. The first-order valence-electron chi connectivity index (χ1n) is 10.6. The van der Waals surface area contributed by atoms with Crippen LogP contribution in [0.4, 0.5) is 0 Å². The van der Waals surface area contributed by atoms with Crippen molar-refractivity contribution < 1.29 is 4.79 Å². The second-order valence-electron chi connectivity index (χ2n) is 9.16. The number of piperidine rings is 1. The first-order valence-corrected chi connectivity index (χ1v) is 10.6. The smallest absolute Gasteiger partial charge is 0.244 e. The van der Waals surface area contributed by atoms with Crippen molar-refractivity contribution in [3.63, 3.8) is 0 Å². The summed E-state index contributed by atoms with van der Waals surface area (Å²) in [7, 11) is 5.96. The minimum absolute atomic E-state index is 0.0651. The number of rotatable bonds is 5. The average Bonchev–Trinajstić information content (AvgIpc) is 3.12. The molecule has 3 atom stereocenters. The number of amides is 1. The summed E-state index contributed by atoms with van der Waals surface area (Å²) in [5, 5.41) is 5.64. The third-order valence-corrected chi connectivity index (χ3v) is 6.70. The van der Waals surface area contributed by atoms with Gasteiger partial charge in [0.1, 0.15) is 12.4 Å². The Morgan fingerprint density at radius 3 is 2.68 bits per heavy atom. The molecule has 2 fully saturated rings. The lowest BCUT2D eigenvalue weighted by molar-refractivity contribution is -0.133. The Kier molecular flexibility index (Phi) is 4.50. The van der Waals surface area contributed by atoms with Crippen LogP contribution in [0, 0.1) is 12.3 Å². The second-order valence-corrected chi connectivity index (χ2v) is 9.16. The number of nitrogens with zero attached hydrogens (tertiary/aromatic N) is 6. The lowest BCUT2D eigenvalue weighted by atomic mass is 9.91. The minimum Gasteiger partial charge on any atom is -0.335 e. The Hall–Kier alpha value is -3.03. The first-order chi connectivity index (χ1) is 14.8. The summed E-state index contributed by atoms with van der Waals surface area (Å²) in [4.78, 5) is 28.4. The second kappa shape index (κ2) is 7.00. The molecule has 1 aliphatic heterocycles. The number of aryl methyl sites for hydroxylation is 1. The van der Waals surface area contributed by atoms with E-state index in [1.165, 1.54) is 0 Å². The van der Waals surface area contributed by atoms with Crippen molar-refractivity contribution in [2.75, 3.05) is 0 Å². The number of pyridine rings is 1. The minimum atomic E-state index is 0.0651. The number of carbonyl (C=O) groups is 1. The predicted molar refractivity (Wildman–Crippen MR) is 120 cm³/mol. The largest absolute Gasteiger partial charge is 0.335 e. The summed E-state index contributed by atoms with van der Waals surface area (Å²) in [5.74, 6) is 0.776. The lowest BCUT2D eigenvalue weighted by Gasteiger charge is -2.27. The lowest BCUT2D eigenvalue weighted by Crippen LogP contribution is -2.40. The van der Waals surface area contributed by atoms with E-state index in [-0.39, 0.29) is 23.9 Å². The molecule has 0 bridgehead atoms. The van der Waals surface area contributed by atoms with Gasteiger partial charge in [-0.15, -0.1) is 0 Å². The molecule has 0 spiro atoms. The van der Waals surface area contributed by atoms with E-state index in [4.69, 9.17) is 12.9 Å². The average molecular weight is 412 g/mol. The third kappa shape index (κ3) is 3.25. The number of hydrogen-bond acceptors (Lipinski definition) is 5. The van der Waals surface area contributed by atoms with Gasteiger partial charge in [-0.05, 0) is 43.7 Å². The molecule has 2 radical (unpaired) electrons. The number of fused-ring (bicyclic) bond motifs is 2. The molecule has 0 unspecified atom stereocenters. The molecule has 8 heteroatoms. The van der Waals surface area contributed by atoms with Crippen LogP contribution >= 0.6 is 0 Å². The molecule has 1 saturated carbocycles. The van der Waals surface area contributed by atoms with Crippen molar-refractivity contribution in [1.82, 2.24) is 29.6 Å². The van der Waals surface area contributed by atoms with E-state index in [0.29, 0.717) is 18.2 Å². The van der Waals surface area contributed by atoms with E-state index < -0.39 is 0 Å². The number of allylic oxidation sites excluding steroid dienone is 1. The van der Waals surface area contributed by atoms with Crippen LogP contribution in [0.1, 0.15) is 38.2 Å². The van der Waals surface area contributed by atoms with E-state index in [1.54, 1.807) is 23.3 Å². The Bertz CT molecular complexity index is 1200. The highest BCUT2D eigenvalue weighted by Gasteiger charge is 2.62. The summed E-state index contributed by atoms with van der Waals surface area (Å²) in [6.45, 7) is 10.3. The fourth-order valence-corrected chi connectivity index (χ4v) is 4.90. The molecule has 1 aliphatic carbocycles. The molecular weight excluding hydrogens is 387 g/mol. The predicted octanol–water partition coefficient (Wildman–Crippen LogP) is 3.20. The molecule has 31 heavy (non-hydrogen) atoms. The van der Waals surface area contributed by atoms with Gasteiger partial charge in [0.15, 0.2) is 0 Å². The van der Waals surface area contributed by atoms with Gasteiger partial charge in [-0.1, -0.05) is 19.8 Å². The summed E-state index contributed by atoms with van der Waals surface area (Å²) >= 11 is 0. The molecule has 4 heterocycles. The molecule has 3 aromatic rings. The monoisotopic (exact) mass is 412 g/mol. The number of likely N-dealkylation sites (tertiary alicyclic amines) is 1. The van der Waals surface area contributed by atoms with Crippen LogP contribution in [0.5, 0.6) is 0 Å². The Labute approximate surface area is 183 Å². The van der Waals surface area contributed by atoms with Crippen molar-refractivity contribution >= 4 is 30.2 Å². The SMILES string of the molecule is [B]C[C@@H]1C[C@@]2(C)C[C@H]2N1C(=O)Cn1nc(C(=C)C)c2cc(-c3cnc(C)nc3)ncc21. The molecular formula is C23H25BN6O. The van der Waals surface area contributed by atoms with E-state index >= 15 is 0 Å². The number of hydrogen-bond donors (Lipinski definition) is 0. The molecule has 156 valence electrons. The van der Waals surface area contributed by atoms with Crippen LogP contribution in [0.2, 0.25) is 6.32 Å². The van der Waals surface area contributed by atoms with Gasteiger partial charge in [-0.25, -0.2) is 9.97 Å². The Morgan fingerprint density at radius 2 is 2.00 bits per heavy atom. The van der Waals surface area contributed by atoms with Gasteiger partial charge in [-0.3, -0.25) is 14.5 Å². The molecule has 1 saturated heterocycles. The molecule has 1 amide bonds. The van der Waals surface area contributed by atoms with Crippen molar-refractivity contribution in [3.8, 4) is 11.3 Å². The highest BCUT2D eigenvalue weighted by atomic mass is 16.2. The van der Waals surface area contributed by atoms with Crippen molar-refractivity contribution in [3.05, 3.63) is 42.8 Å². The van der Waals surface area contributed by atoms with Gasteiger partial charge < -0.3 is 4.90 Å². The zero-order valence-electron chi connectivity index (χ0n) is 18.2. The maximum atomic E-state index is 13.3. The number of carbonyl (C=O) groups excluding carboxylic acids is 1. The Morgan fingerprint density at radius 1 is 1.26 bits per heavy atom. The van der Waals surface area contributed by atoms with E-state index in [1.807, 2.05) is 24.8 Å². The highest BCUT2D eigenvalue weighted by molar-refractivity contribution is 6.09. The van der Waals surface area contributed by atoms with Crippen molar-refractivity contribution in [2.45, 2.75) is 58.6 Å². The first kappa shape index (κ1) is 19.9. The number of aromatic nitrogens is 5. The maximum Gasteiger partial charge on any atom is 0.244 e. The van der Waals surface area contributed by atoms with Crippen LogP contribution in [0.15, 0.2) is 31.2 Å². The quantitative estimate of drug-likeness (QED) is 0.602. The van der Waals surface area contributed by atoms with Crippen LogP contribution in [0.25, 0.3) is 27.7 Å². The van der Waals surface area contributed by atoms with Crippen LogP contribution in [0.3, 0.4) is 0 Å². The van der Waals surface area contributed by atoms with Gasteiger partial charge in [0.05, 0.1) is 30.9 Å². The molecule has 2 aliphatic rings.